The number of hydrogen-bond acceptors (Lipinski definition) is 7. The number of aromatic nitrogens is 2. The molecule has 1 aliphatic heterocycles. The normalized spacial score (nSPS) is 16.8. The predicted molar refractivity (Wildman–Crippen MR) is 126 cm³/mol. The van der Waals surface area contributed by atoms with Gasteiger partial charge in [0.2, 0.25) is 10.0 Å². The summed E-state index contributed by atoms with van der Waals surface area (Å²) in [6.07, 6.45) is 2.28. The maximum Gasteiger partial charge on any atom is 0.261 e. The number of anilines is 2. The SMILES string of the molecule is COc1ccc(S(=O)(=O)N2CCCC(c3nc(Nc4ccccc4)c(C=N)c(=O)[nH]3)C2)cc1. The molecule has 172 valence electrons. The van der Waals surface area contributed by atoms with Gasteiger partial charge in [0.25, 0.3) is 5.56 Å². The molecule has 1 atom stereocenters. The molecule has 0 bridgehead atoms. The van der Waals surface area contributed by atoms with Crippen LogP contribution in [0.4, 0.5) is 11.5 Å². The second-order valence-electron chi connectivity index (χ2n) is 7.73. The third-order valence-electron chi connectivity index (χ3n) is 5.62. The zero-order valence-electron chi connectivity index (χ0n) is 18.1. The summed E-state index contributed by atoms with van der Waals surface area (Å²) in [5.74, 6) is 0.969. The van der Waals surface area contributed by atoms with Gasteiger partial charge in [-0.1, -0.05) is 18.2 Å². The van der Waals surface area contributed by atoms with Gasteiger partial charge in [0, 0.05) is 30.9 Å². The second-order valence-corrected chi connectivity index (χ2v) is 9.66. The van der Waals surface area contributed by atoms with E-state index in [1.54, 1.807) is 12.1 Å². The van der Waals surface area contributed by atoms with Gasteiger partial charge in [-0.25, -0.2) is 13.4 Å². The molecule has 0 radical (unpaired) electrons. The lowest BCUT2D eigenvalue weighted by Crippen LogP contribution is -2.40. The van der Waals surface area contributed by atoms with Gasteiger partial charge in [0.05, 0.1) is 17.6 Å². The molecule has 1 saturated heterocycles. The van der Waals surface area contributed by atoms with Crippen molar-refractivity contribution in [3.63, 3.8) is 0 Å². The Morgan fingerprint density at radius 1 is 1.18 bits per heavy atom. The van der Waals surface area contributed by atoms with E-state index < -0.39 is 15.6 Å². The van der Waals surface area contributed by atoms with Crippen LogP contribution in [0.2, 0.25) is 0 Å². The lowest BCUT2D eigenvalue weighted by Gasteiger charge is -2.31. The van der Waals surface area contributed by atoms with Crippen LogP contribution in [-0.2, 0) is 10.0 Å². The van der Waals surface area contributed by atoms with Gasteiger partial charge in [0.1, 0.15) is 17.4 Å². The smallest absolute Gasteiger partial charge is 0.261 e. The van der Waals surface area contributed by atoms with Crippen LogP contribution in [0.15, 0.2) is 64.3 Å². The Hall–Kier alpha value is -3.50. The van der Waals surface area contributed by atoms with Crippen LogP contribution in [0.1, 0.15) is 30.1 Å². The number of sulfonamides is 1. The van der Waals surface area contributed by atoms with Gasteiger partial charge < -0.3 is 20.4 Å². The predicted octanol–water partition coefficient (Wildman–Crippen LogP) is 3.09. The Labute approximate surface area is 192 Å². The standard InChI is InChI=1S/C23H25N5O4S/c1-32-18-9-11-19(12-10-18)33(30,31)28-13-5-6-16(15-28)21-26-22(20(14-24)23(29)27-21)25-17-7-3-2-4-8-17/h2-4,7-12,14,16,24H,5-6,13,15H2,1H3,(H2,25,26,27,29). The summed E-state index contributed by atoms with van der Waals surface area (Å²) in [4.78, 5) is 20.2. The van der Waals surface area contributed by atoms with Crippen LogP contribution in [0.3, 0.4) is 0 Å². The number of benzene rings is 2. The molecule has 0 aliphatic carbocycles. The van der Waals surface area contributed by atoms with Crippen molar-refractivity contribution in [2.45, 2.75) is 23.7 Å². The molecule has 0 spiro atoms. The first-order chi connectivity index (χ1) is 15.9. The minimum atomic E-state index is -3.70. The Kier molecular flexibility index (Phi) is 6.57. The highest BCUT2D eigenvalue weighted by Gasteiger charge is 2.32. The highest BCUT2D eigenvalue weighted by molar-refractivity contribution is 7.89. The molecule has 2 aromatic carbocycles. The Balaban J connectivity index is 1.62. The van der Waals surface area contributed by atoms with E-state index in [4.69, 9.17) is 10.1 Å². The van der Waals surface area contributed by atoms with Crippen molar-refractivity contribution in [3.8, 4) is 5.75 Å². The summed E-state index contributed by atoms with van der Waals surface area (Å²) in [5.41, 5.74) is 0.404. The molecule has 33 heavy (non-hydrogen) atoms. The molecule has 4 rings (SSSR count). The van der Waals surface area contributed by atoms with E-state index in [2.05, 4.69) is 15.3 Å². The van der Waals surface area contributed by atoms with Crippen molar-refractivity contribution in [2.75, 3.05) is 25.5 Å². The summed E-state index contributed by atoms with van der Waals surface area (Å²) in [6.45, 7) is 0.592. The lowest BCUT2D eigenvalue weighted by molar-refractivity contribution is 0.309. The molecular formula is C23H25N5O4S. The molecule has 2 heterocycles. The number of rotatable bonds is 7. The van der Waals surface area contributed by atoms with Gasteiger partial charge >= 0.3 is 0 Å². The first-order valence-corrected chi connectivity index (χ1v) is 12.0. The van der Waals surface area contributed by atoms with Gasteiger partial charge in [-0.3, -0.25) is 4.79 Å². The summed E-state index contributed by atoms with van der Waals surface area (Å²) in [5, 5.41) is 10.7. The van der Waals surface area contributed by atoms with Crippen LogP contribution in [-0.4, -0.2) is 49.1 Å². The van der Waals surface area contributed by atoms with Crippen molar-refractivity contribution >= 4 is 27.7 Å². The third kappa shape index (κ3) is 4.81. The van der Waals surface area contributed by atoms with E-state index in [1.165, 1.54) is 23.5 Å². The van der Waals surface area contributed by atoms with Gasteiger partial charge in [-0.15, -0.1) is 0 Å². The quantitative estimate of drug-likeness (QED) is 0.458. The van der Waals surface area contributed by atoms with Crippen molar-refractivity contribution in [3.05, 3.63) is 76.3 Å². The number of methoxy groups -OCH3 is 1. The fourth-order valence-corrected chi connectivity index (χ4v) is 5.39. The third-order valence-corrected chi connectivity index (χ3v) is 7.50. The monoisotopic (exact) mass is 467 g/mol. The number of nitrogens with one attached hydrogen (secondary N) is 3. The van der Waals surface area contributed by atoms with Crippen molar-refractivity contribution in [2.24, 2.45) is 0 Å². The molecule has 1 aromatic heterocycles. The first-order valence-electron chi connectivity index (χ1n) is 10.5. The molecule has 0 amide bonds. The highest BCUT2D eigenvalue weighted by Crippen LogP contribution is 2.30. The van der Waals surface area contributed by atoms with E-state index in [-0.39, 0.29) is 28.7 Å². The van der Waals surface area contributed by atoms with Crippen LogP contribution in [0, 0.1) is 5.41 Å². The Bertz CT molecular complexity index is 1290. The number of aromatic amines is 1. The number of nitrogens with zero attached hydrogens (tertiary/aromatic N) is 2. The fourth-order valence-electron chi connectivity index (χ4n) is 3.86. The van der Waals surface area contributed by atoms with Crippen molar-refractivity contribution in [1.82, 2.24) is 14.3 Å². The highest BCUT2D eigenvalue weighted by atomic mass is 32.2. The number of hydrogen-bond donors (Lipinski definition) is 3. The minimum absolute atomic E-state index is 0.112. The number of para-hydroxylation sites is 1. The minimum Gasteiger partial charge on any atom is -0.497 e. The number of ether oxygens (including phenoxy) is 1. The van der Waals surface area contributed by atoms with Crippen LogP contribution in [0.5, 0.6) is 5.75 Å². The first kappa shape index (κ1) is 22.7. The average Bonchev–Trinajstić information content (AvgIpc) is 2.84. The van der Waals surface area contributed by atoms with E-state index in [1.807, 2.05) is 30.3 Å². The molecule has 1 fully saturated rings. The largest absolute Gasteiger partial charge is 0.497 e. The zero-order valence-corrected chi connectivity index (χ0v) is 18.9. The van der Waals surface area contributed by atoms with Crippen molar-refractivity contribution < 1.29 is 13.2 Å². The number of H-pyrrole nitrogens is 1. The van der Waals surface area contributed by atoms with E-state index in [0.717, 1.165) is 11.9 Å². The molecule has 9 nitrogen and oxygen atoms in total. The van der Waals surface area contributed by atoms with E-state index >= 15 is 0 Å². The Morgan fingerprint density at radius 3 is 2.58 bits per heavy atom. The maximum absolute atomic E-state index is 13.2. The lowest BCUT2D eigenvalue weighted by atomic mass is 9.98. The topological polar surface area (TPSA) is 128 Å². The van der Waals surface area contributed by atoms with E-state index in [0.29, 0.717) is 31.0 Å². The van der Waals surface area contributed by atoms with Gasteiger partial charge in [-0.2, -0.15) is 4.31 Å². The van der Waals surface area contributed by atoms with Gasteiger partial charge in [0.15, 0.2) is 0 Å². The maximum atomic E-state index is 13.2. The molecule has 1 unspecified atom stereocenters. The zero-order chi connectivity index (χ0) is 23.4. The van der Waals surface area contributed by atoms with Crippen LogP contribution < -0.4 is 15.6 Å². The molecule has 3 N–H and O–H groups in total. The van der Waals surface area contributed by atoms with Crippen molar-refractivity contribution in [1.29, 1.82) is 5.41 Å². The molecule has 1 aliphatic rings. The summed E-state index contributed by atoms with van der Waals surface area (Å²) in [7, 11) is -2.18. The van der Waals surface area contributed by atoms with Crippen LogP contribution >= 0.6 is 0 Å². The summed E-state index contributed by atoms with van der Waals surface area (Å²) >= 11 is 0. The molecule has 0 saturated carbocycles. The molecule has 3 aromatic rings. The number of piperidine rings is 1. The van der Waals surface area contributed by atoms with E-state index in [9.17, 15) is 13.2 Å². The summed E-state index contributed by atoms with van der Waals surface area (Å²) < 4.78 is 32.9. The Morgan fingerprint density at radius 2 is 1.91 bits per heavy atom. The average molecular weight is 468 g/mol. The second kappa shape index (κ2) is 9.55. The van der Waals surface area contributed by atoms with Gasteiger partial charge in [-0.05, 0) is 49.2 Å². The fraction of sp³-hybridized carbons (Fsp3) is 0.261. The summed E-state index contributed by atoms with van der Waals surface area (Å²) in [6, 6.07) is 15.5. The molecule has 10 heteroatoms. The van der Waals surface area contributed by atoms with Crippen LogP contribution in [0.25, 0.3) is 0 Å². The molecular weight excluding hydrogens is 442 g/mol.